The van der Waals surface area contributed by atoms with Gasteiger partial charge in [0.05, 0.1) is 6.42 Å². The summed E-state index contributed by atoms with van der Waals surface area (Å²) in [4.78, 5) is 20.2. The molecule has 3 rings (SSSR count). The maximum absolute atomic E-state index is 12.7. The zero-order valence-corrected chi connectivity index (χ0v) is 14.3. The molecule has 0 aliphatic carbocycles. The van der Waals surface area contributed by atoms with Gasteiger partial charge >= 0.3 is 0 Å². The third-order valence-electron chi connectivity index (χ3n) is 4.25. The molecule has 0 radical (unpaired) electrons. The fourth-order valence-electron chi connectivity index (χ4n) is 2.99. The van der Waals surface area contributed by atoms with Crippen molar-refractivity contribution >= 4 is 17.2 Å². The van der Waals surface area contributed by atoms with Crippen LogP contribution >= 0.6 is 11.3 Å². The highest BCUT2D eigenvalue weighted by Crippen LogP contribution is 2.30. The molecule has 1 amide bonds. The van der Waals surface area contributed by atoms with E-state index in [9.17, 15) is 4.79 Å². The van der Waals surface area contributed by atoms with Crippen LogP contribution in [0.15, 0.2) is 22.0 Å². The number of rotatable bonds is 6. The lowest BCUT2D eigenvalue weighted by Gasteiger charge is -2.33. The summed E-state index contributed by atoms with van der Waals surface area (Å²) in [6.45, 7) is 2.93. The molecule has 0 spiro atoms. The van der Waals surface area contributed by atoms with Crippen LogP contribution in [0.4, 0.5) is 0 Å². The van der Waals surface area contributed by atoms with Crippen LogP contribution in [0.3, 0.4) is 0 Å². The van der Waals surface area contributed by atoms with Crippen LogP contribution in [-0.4, -0.2) is 27.5 Å². The molecular formula is C17H23N3O2S. The number of aromatic nitrogens is 2. The third-order valence-corrected chi connectivity index (χ3v) is 5.13. The first-order valence-corrected chi connectivity index (χ1v) is 9.30. The topological polar surface area (TPSA) is 59.2 Å². The Balaban J connectivity index is 1.70. The molecule has 124 valence electrons. The standard InChI is InChI=1S/C17H23N3O2S/c1-2-3-9-15-18-17(22-19-15)14-8-4-5-10-20(14)16(21)12-13-7-6-11-23-13/h6-7,11,14H,2-5,8-10,12H2,1H3. The van der Waals surface area contributed by atoms with Crippen LogP contribution in [0.2, 0.25) is 0 Å². The van der Waals surface area contributed by atoms with Crippen LogP contribution in [0.1, 0.15) is 61.7 Å². The molecule has 5 nitrogen and oxygen atoms in total. The predicted octanol–water partition coefficient (Wildman–Crippen LogP) is 3.77. The number of nitrogens with zero attached hydrogens (tertiary/aromatic N) is 3. The highest BCUT2D eigenvalue weighted by Gasteiger charge is 2.32. The van der Waals surface area contributed by atoms with Crippen molar-refractivity contribution in [2.24, 2.45) is 0 Å². The van der Waals surface area contributed by atoms with Gasteiger partial charge in [0, 0.05) is 17.8 Å². The summed E-state index contributed by atoms with van der Waals surface area (Å²) in [6, 6.07) is 3.94. The van der Waals surface area contributed by atoms with Crippen molar-refractivity contribution in [1.82, 2.24) is 15.0 Å². The zero-order chi connectivity index (χ0) is 16.1. The Morgan fingerprint density at radius 2 is 2.39 bits per heavy atom. The molecular weight excluding hydrogens is 310 g/mol. The molecule has 2 aromatic heterocycles. The zero-order valence-electron chi connectivity index (χ0n) is 13.5. The first kappa shape index (κ1) is 16.2. The van der Waals surface area contributed by atoms with Gasteiger partial charge < -0.3 is 9.42 Å². The van der Waals surface area contributed by atoms with Gasteiger partial charge in [-0.25, -0.2) is 0 Å². The molecule has 1 unspecified atom stereocenters. The molecule has 0 aromatic carbocycles. The Labute approximate surface area is 140 Å². The lowest BCUT2D eigenvalue weighted by Crippen LogP contribution is -2.39. The van der Waals surface area contributed by atoms with Gasteiger partial charge in [0.15, 0.2) is 5.82 Å². The third kappa shape index (κ3) is 3.99. The van der Waals surface area contributed by atoms with Gasteiger partial charge in [0.1, 0.15) is 6.04 Å². The number of hydrogen-bond donors (Lipinski definition) is 0. The van der Waals surface area contributed by atoms with Crippen molar-refractivity contribution in [3.8, 4) is 0 Å². The van der Waals surface area contributed by atoms with E-state index in [1.807, 2.05) is 22.4 Å². The molecule has 0 saturated carbocycles. The molecule has 0 bridgehead atoms. The summed E-state index contributed by atoms with van der Waals surface area (Å²) in [7, 11) is 0. The first-order valence-electron chi connectivity index (χ1n) is 8.42. The Hall–Kier alpha value is -1.69. The average Bonchev–Trinajstić information content (AvgIpc) is 3.24. The second kappa shape index (κ2) is 7.73. The number of piperidine rings is 1. The summed E-state index contributed by atoms with van der Waals surface area (Å²) in [5.41, 5.74) is 0. The largest absolute Gasteiger partial charge is 0.337 e. The van der Waals surface area contributed by atoms with Crippen molar-refractivity contribution in [2.75, 3.05) is 6.54 Å². The van der Waals surface area contributed by atoms with Gasteiger partial charge in [0.25, 0.3) is 0 Å². The quantitative estimate of drug-likeness (QED) is 0.807. The van der Waals surface area contributed by atoms with Gasteiger partial charge in [-0.2, -0.15) is 4.98 Å². The summed E-state index contributed by atoms with van der Waals surface area (Å²) in [6.07, 6.45) is 6.53. The minimum absolute atomic E-state index is 0.0564. The van der Waals surface area contributed by atoms with E-state index < -0.39 is 0 Å². The van der Waals surface area contributed by atoms with Gasteiger partial charge in [-0.15, -0.1) is 11.3 Å². The lowest BCUT2D eigenvalue weighted by atomic mass is 10.0. The van der Waals surface area contributed by atoms with E-state index in [1.165, 1.54) is 0 Å². The molecule has 0 N–H and O–H groups in total. The van der Waals surface area contributed by atoms with E-state index in [0.717, 1.165) is 55.8 Å². The Morgan fingerprint density at radius 3 is 3.17 bits per heavy atom. The second-order valence-electron chi connectivity index (χ2n) is 6.01. The number of likely N-dealkylation sites (tertiary alicyclic amines) is 1. The van der Waals surface area contributed by atoms with Gasteiger partial charge in [-0.3, -0.25) is 4.79 Å². The van der Waals surface area contributed by atoms with E-state index in [-0.39, 0.29) is 11.9 Å². The van der Waals surface area contributed by atoms with Gasteiger partial charge in [-0.05, 0) is 37.1 Å². The predicted molar refractivity (Wildman–Crippen MR) is 89.2 cm³/mol. The van der Waals surface area contributed by atoms with E-state index in [0.29, 0.717) is 12.3 Å². The fourth-order valence-corrected chi connectivity index (χ4v) is 3.69. The van der Waals surface area contributed by atoms with E-state index in [4.69, 9.17) is 4.52 Å². The maximum atomic E-state index is 12.7. The highest BCUT2D eigenvalue weighted by atomic mass is 32.1. The molecule has 3 heterocycles. The van der Waals surface area contributed by atoms with Crippen LogP contribution in [0, 0.1) is 0 Å². The van der Waals surface area contributed by atoms with Crippen LogP contribution in [-0.2, 0) is 17.6 Å². The number of thiophene rings is 1. The minimum Gasteiger partial charge on any atom is -0.337 e. The number of amides is 1. The fraction of sp³-hybridized carbons (Fsp3) is 0.588. The minimum atomic E-state index is -0.0564. The SMILES string of the molecule is CCCCc1noc(C2CCCCN2C(=O)Cc2cccs2)n1. The first-order chi connectivity index (χ1) is 11.3. The van der Waals surface area contributed by atoms with E-state index >= 15 is 0 Å². The summed E-state index contributed by atoms with van der Waals surface area (Å²) < 4.78 is 5.46. The lowest BCUT2D eigenvalue weighted by molar-refractivity contribution is -0.134. The normalized spacial score (nSPS) is 18.3. The van der Waals surface area contributed by atoms with E-state index in [2.05, 4.69) is 17.1 Å². The molecule has 1 fully saturated rings. The summed E-state index contributed by atoms with van der Waals surface area (Å²) >= 11 is 1.63. The Bertz CT molecular complexity index is 624. The monoisotopic (exact) mass is 333 g/mol. The van der Waals surface area contributed by atoms with Crippen molar-refractivity contribution in [3.63, 3.8) is 0 Å². The molecule has 1 aliphatic heterocycles. The summed E-state index contributed by atoms with van der Waals surface area (Å²) in [5, 5.41) is 6.08. The summed E-state index contributed by atoms with van der Waals surface area (Å²) in [5.74, 6) is 1.53. The Kier molecular flexibility index (Phi) is 5.43. The number of carbonyl (C=O) groups is 1. The average molecular weight is 333 g/mol. The Morgan fingerprint density at radius 1 is 1.48 bits per heavy atom. The second-order valence-corrected chi connectivity index (χ2v) is 7.04. The van der Waals surface area contributed by atoms with Crippen molar-refractivity contribution < 1.29 is 9.32 Å². The van der Waals surface area contributed by atoms with Crippen molar-refractivity contribution in [3.05, 3.63) is 34.1 Å². The van der Waals surface area contributed by atoms with Crippen molar-refractivity contribution in [2.45, 2.75) is 57.9 Å². The van der Waals surface area contributed by atoms with Crippen molar-refractivity contribution in [1.29, 1.82) is 0 Å². The van der Waals surface area contributed by atoms with Gasteiger partial charge in [-0.1, -0.05) is 24.6 Å². The number of unbranched alkanes of at least 4 members (excludes halogenated alkanes) is 1. The number of aryl methyl sites for hydroxylation is 1. The molecule has 6 heteroatoms. The molecule has 2 aromatic rings. The smallest absolute Gasteiger partial charge is 0.249 e. The van der Waals surface area contributed by atoms with Crippen LogP contribution in [0.5, 0.6) is 0 Å². The molecule has 23 heavy (non-hydrogen) atoms. The van der Waals surface area contributed by atoms with Crippen LogP contribution in [0.25, 0.3) is 0 Å². The van der Waals surface area contributed by atoms with E-state index in [1.54, 1.807) is 11.3 Å². The van der Waals surface area contributed by atoms with Crippen LogP contribution < -0.4 is 0 Å². The number of hydrogen-bond acceptors (Lipinski definition) is 5. The molecule has 1 atom stereocenters. The van der Waals surface area contributed by atoms with Gasteiger partial charge in [0.2, 0.25) is 11.8 Å². The number of carbonyl (C=O) groups excluding carboxylic acids is 1. The maximum Gasteiger partial charge on any atom is 0.249 e. The highest BCUT2D eigenvalue weighted by molar-refractivity contribution is 7.10. The molecule has 1 saturated heterocycles. The molecule has 1 aliphatic rings.